The topological polar surface area (TPSA) is 36.4 Å². The smallest absolute Gasteiger partial charge is 0.259 e. The average molecular weight is 430 g/mol. The number of carbonyl (C=O) groups is 1. The van der Waals surface area contributed by atoms with Gasteiger partial charge in [-0.15, -0.1) is 0 Å². The van der Waals surface area contributed by atoms with Gasteiger partial charge in [-0.3, -0.25) is 19.0 Å². The van der Waals surface area contributed by atoms with Gasteiger partial charge in [0.05, 0.1) is 17.4 Å². The van der Waals surface area contributed by atoms with Crippen LogP contribution in [0.25, 0.3) is 0 Å². The lowest BCUT2D eigenvalue weighted by Gasteiger charge is -2.34. The lowest BCUT2D eigenvalue weighted by Crippen LogP contribution is -2.39. The molecule has 2 aliphatic rings. The number of hydrogen-bond donors (Lipinski definition) is 0. The van der Waals surface area contributed by atoms with Crippen molar-refractivity contribution in [3.63, 3.8) is 0 Å². The number of pyridine rings is 1. The van der Waals surface area contributed by atoms with E-state index in [0.29, 0.717) is 10.9 Å². The zero-order valence-corrected chi connectivity index (χ0v) is 18.9. The highest BCUT2D eigenvalue weighted by molar-refractivity contribution is 7.97. The standard InChI is InChI=1S/C23H28ClN3OS/c1-4-11-29-26-9-7-16(8-10-26)17-12-19(15-25-14-17)27-22(28)20-6-5-18(24)13-21(20)23(27,2)3/h5-6,12-16H,4,7-11H2,1-3H3. The van der Waals surface area contributed by atoms with E-state index >= 15 is 0 Å². The first kappa shape index (κ1) is 20.7. The number of benzene rings is 1. The molecule has 3 heterocycles. The SMILES string of the molecule is CCCSN1CCC(c2cncc(N3C(=O)c4ccc(Cl)cc4C3(C)C)c2)CC1. The van der Waals surface area contributed by atoms with Gasteiger partial charge in [0.25, 0.3) is 5.91 Å². The number of aromatic nitrogens is 1. The van der Waals surface area contributed by atoms with Crippen LogP contribution in [-0.2, 0) is 5.54 Å². The molecular formula is C23H28ClN3OS. The predicted molar refractivity (Wildman–Crippen MR) is 122 cm³/mol. The average Bonchev–Trinajstić information content (AvgIpc) is 2.92. The Morgan fingerprint density at radius 2 is 1.97 bits per heavy atom. The Balaban J connectivity index is 1.56. The summed E-state index contributed by atoms with van der Waals surface area (Å²) in [6.45, 7) is 8.59. The minimum absolute atomic E-state index is 0.0198. The second-order valence-corrected chi connectivity index (χ2v) is 10.0. The molecule has 0 saturated carbocycles. The van der Waals surface area contributed by atoms with Crippen molar-refractivity contribution in [1.29, 1.82) is 0 Å². The minimum Gasteiger partial charge on any atom is -0.297 e. The van der Waals surface area contributed by atoms with Crippen LogP contribution in [-0.4, -0.2) is 34.0 Å². The summed E-state index contributed by atoms with van der Waals surface area (Å²) < 4.78 is 2.49. The molecular weight excluding hydrogens is 402 g/mol. The maximum atomic E-state index is 13.2. The second kappa shape index (κ2) is 8.29. The molecule has 2 aromatic rings. The summed E-state index contributed by atoms with van der Waals surface area (Å²) in [4.78, 5) is 19.6. The summed E-state index contributed by atoms with van der Waals surface area (Å²) >= 11 is 8.18. The number of piperidine rings is 1. The first-order chi connectivity index (χ1) is 13.9. The summed E-state index contributed by atoms with van der Waals surface area (Å²) in [5.74, 6) is 1.71. The van der Waals surface area contributed by atoms with Crippen molar-refractivity contribution >= 4 is 35.1 Å². The highest BCUT2D eigenvalue weighted by atomic mass is 35.5. The molecule has 1 fully saturated rings. The van der Waals surface area contributed by atoms with Crippen LogP contribution in [0.3, 0.4) is 0 Å². The highest BCUT2D eigenvalue weighted by Gasteiger charge is 2.44. The summed E-state index contributed by atoms with van der Waals surface area (Å²) in [7, 11) is 0. The van der Waals surface area contributed by atoms with Crippen LogP contribution in [0, 0.1) is 0 Å². The third kappa shape index (κ3) is 3.92. The van der Waals surface area contributed by atoms with Gasteiger partial charge in [0.1, 0.15) is 0 Å². The molecule has 0 aliphatic carbocycles. The van der Waals surface area contributed by atoms with Crippen molar-refractivity contribution in [2.45, 2.75) is 51.5 Å². The largest absolute Gasteiger partial charge is 0.297 e. The van der Waals surface area contributed by atoms with Crippen LogP contribution in [0.4, 0.5) is 5.69 Å². The molecule has 0 unspecified atom stereocenters. The van der Waals surface area contributed by atoms with Gasteiger partial charge in [-0.2, -0.15) is 0 Å². The van der Waals surface area contributed by atoms with Crippen LogP contribution in [0.5, 0.6) is 0 Å². The number of rotatable bonds is 5. The van der Waals surface area contributed by atoms with E-state index in [9.17, 15) is 4.79 Å². The van der Waals surface area contributed by atoms with E-state index in [1.165, 1.54) is 17.7 Å². The summed E-state index contributed by atoms with van der Waals surface area (Å²) in [6, 6.07) is 7.70. The van der Waals surface area contributed by atoms with Crippen molar-refractivity contribution in [2.24, 2.45) is 0 Å². The Bertz CT molecular complexity index is 909. The van der Waals surface area contributed by atoms with E-state index in [2.05, 4.69) is 36.1 Å². The second-order valence-electron chi connectivity index (χ2n) is 8.40. The molecule has 0 radical (unpaired) electrons. The maximum Gasteiger partial charge on any atom is 0.259 e. The van der Waals surface area contributed by atoms with Crippen molar-refractivity contribution in [1.82, 2.24) is 9.29 Å². The van der Waals surface area contributed by atoms with Gasteiger partial charge in [-0.05, 0) is 74.4 Å². The molecule has 2 aliphatic heterocycles. The number of carbonyl (C=O) groups excluding carboxylic acids is 1. The van der Waals surface area contributed by atoms with Gasteiger partial charge in [-0.1, -0.05) is 30.5 Å². The molecule has 4 rings (SSSR count). The van der Waals surface area contributed by atoms with Gasteiger partial charge in [0, 0.05) is 35.6 Å². The van der Waals surface area contributed by atoms with E-state index in [4.69, 9.17) is 11.6 Å². The first-order valence-electron chi connectivity index (χ1n) is 10.4. The molecule has 29 heavy (non-hydrogen) atoms. The van der Waals surface area contributed by atoms with E-state index in [1.807, 2.05) is 41.4 Å². The monoisotopic (exact) mass is 429 g/mol. The third-order valence-corrected chi connectivity index (χ3v) is 7.60. The lowest BCUT2D eigenvalue weighted by atomic mass is 9.90. The Morgan fingerprint density at radius 1 is 1.21 bits per heavy atom. The molecule has 0 spiro atoms. The predicted octanol–water partition coefficient (Wildman–Crippen LogP) is 5.87. The number of halogens is 1. The van der Waals surface area contributed by atoms with Crippen molar-refractivity contribution < 1.29 is 4.79 Å². The Kier molecular flexibility index (Phi) is 5.92. The highest BCUT2D eigenvalue weighted by Crippen LogP contribution is 2.43. The van der Waals surface area contributed by atoms with Crippen molar-refractivity contribution in [2.75, 3.05) is 23.7 Å². The van der Waals surface area contributed by atoms with Gasteiger partial charge in [0.15, 0.2) is 0 Å². The minimum atomic E-state index is -0.461. The molecule has 0 bridgehead atoms. The van der Waals surface area contributed by atoms with Gasteiger partial charge in [-0.25, -0.2) is 0 Å². The first-order valence-corrected chi connectivity index (χ1v) is 11.7. The number of nitrogens with zero attached hydrogens (tertiary/aromatic N) is 3. The summed E-state index contributed by atoms with van der Waals surface area (Å²) in [6.07, 6.45) is 7.26. The molecule has 0 N–H and O–H groups in total. The lowest BCUT2D eigenvalue weighted by molar-refractivity contribution is 0.0982. The van der Waals surface area contributed by atoms with Gasteiger partial charge in [0.2, 0.25) is 0 Å². The maximum absolute atomic E-state index is 13.2. The number of amides is 1. The number of fused-ring (bicyclic) bond motifs is 1. The van der Waals surface area contributed by atoms with E-state index < -0.39 is 5.54 Å². The van der Waals surface area contributed by atoms with Crippen LogP contribution >= 0.6 is 23.5 Å². The van der Waals surface area contributed by atoms with E-state index in [0.717, 1.165) is 42.7 Å². The van der Waals surface area contributed by atoms with E-state index in [-0.39, 0.29) is 5.91 Å². The third-order valence-electron chi connectivity index (χ3n) is 6.04. The van der Waals surface area contributed by atoms with Crippen molar-refractivity contribution in [3.8, 4) is 0 Å². The summed E-state index contributed by atoms with van der Waals surface area (Å²) in [5.41, 5.74) is 3.35. The van der Waals surface area contributed by atoms with Gasteiger partial charge >= 0.3 is 0 Å². The number of hydrogen-bond acceptors (Lipinski definition) is 4. The molecule has 4 nitrogen and oxygen atoms in total. The Hall–Kier alpha value is -1.56. The fourth-order valence-electron chi connectivity index (χ4n) is 4.47. The van der Waals surface area contributed by atoms with Gasteiger partial charge < -0.3 is 0 Å². The molecule has 154 valence electrons. The van der Waals surface area contributed by atoms with Crippen LogP contribution < -0.4 is 4.90 Å². The zero-order chi connectivity index (χ0) is 20.6. The molecule has 1 amide bonds. The Labute approximate surface area is 182 Å². The fourth-order valence-corrected chi connectivity index (χ4v) is 5.55. The summed E-state index contributed by atoms with van der Waals surface area (Å²) in [5, 5.41) is 0.658. The fraction of sp³-hybridized carbons (Fsp3) is 0.478. The van der Waals surface area contributed by atoms with Crippen LogP contribution in [0.1, 0.15) is 67.4 Å². The van der Waals surface area contributed by atoms with Crippen LogP contribution in [0.15, 0.2) is 36.7 Å². The Morgan fingerprint density at radius 3 is 2.69 bits per heavy atom. The normalized spacial score (nSPS) is 19.6. The van der Waals surface area contributed by atoms with Crippen molar-refractivity contribution in [3.05, 3.63) is 58.4 Å². The molecule has 0 atom stereocenters. The molecule has 1 saturated heterocycles. The number of anilines is 1. The molecule has 1 aromatic carbocycles. The van der Waals surface area contributed by atoms with E-state index in [1.54, 1.807) is 6.07 Å². The zero-order valence-electron chi connectivity index (χ0n) is 17.3. The molecule has 1 aromatic heterocycles. The van der Waals surface area contributed by atoms with Crippen LogP contribution in [0.2, 0.25) is 5.02 Å². The molecule has 6 heteroatoms. The quantitative estimate of drug-likeness (QED) is 0.557.